The Morgan fingerprint density at radius 2 is 1.79 bits per heavy atom. The molecule has 0 spiro atoms. The van der Waals surface area contributed by atoms with Crippen molar-refractivity contribution in [1.82, 2.24) is 4.98 Å². The topological polar surface area (TPSA) is 54.0 Å². The third-order valence-electron chi connectivity index (χ3n) is 3.45. The van der Waals surface area contributed by atoms with Crippen LogP contribution in [0.2, 0.25) is 5.02 Å². The van der Waals surface area contributed by atoms with Gasteiger partial charge in [0.25, 0.3) is 5.91 Å². The largest absolute Gasteiger partial charge is 0.340 e. The Morgan fingerprint density at radius 1 is 1.00 bits per heavy atom. The first kappa shape index (κ1) is 16.0. The predicted octanol–water partition coefficient (Wildman–Crippen LogP) is 5.04. The molecule has 1 heterocycles. The van der Waals surface area contributed by atoms with Gasteiger partial charge in [0.2, 0.25) is 0 Å². The number of benzene rings is 2. The average Bonchev–Trinajstić information content (AvgIpc) is 2.57. The second-order valence-electron chi connectivity index (χ2n) is 5.36. The summed E-state index contributed by atoms with van der Waals surface area (Å²) in [6.45, 7) is 2.02. The van der Waals surface area contributed by atoms with Gasteiger partial charge >= 0.3 is 0 Å². The number of nitrogens with one attached hydrogen (secondary N) is 2. The monoisotopic (exact) mass is 337 g/mol. The van der Waals surface area contributed by atoms with Crippen LogP contribution in [0.25, 0.3) is 0 Å². The van der Waals surface area contributed by atoms with Crippen LogP contribution in [0.5, 0.6) is 0 Å². The van der Waals surface area contributed by atoms with Gasteiger partial charge in [0, 0.05) is 22.6 Å². The van der Waals surface area contributed by atoms with Gasteiger partial charge in [-0.3, -0.25) is 4.79 Å². The maximum Gasteiger partial charge on any atom is 0.259 e. The molecular formula is C19H16ClN3O. The fourth-order valence-corrected chi connectivity index (χ4v) is 2.42. The molecular weight excluding hydrogens is 322 g/mol. The zero-order valence-electron chi connectivity index (χ0n) is 13.1. The molecule has 5 heteroatoms. The van der Waals surface area contributed by atoms with Crippen LogP contribution in [-0.2, 0) is 0 Å². The van der Waals surface area contributed by atoms with Crippen molar-refractivity contribution in [3.05, 3.63) is 83.0 Å². The molecule has 3 aromatic rings. The molecule has 24 heavy (non-hydrogen) atoms. The van der Waals surface area contributed by atoms with Crippen molar-refractivity contribution in [1.29, 1.82) is 0 Å². The highest BCUT2D eigenvalue weighted by Gasteiger charge is 2.13. The van der Waals surface area contributed by atoms with Crippen molar-refractivity contribution in [2.24, 2.45) is 0 Å². The Balaban J connectivity index is 1.83. The lowest BCUT2D eigenvalue weighted by Gasteiger charge is -2.11. The number of nitrogens with zero attached hydrogens (tertiary/aromatic N) is 1. The standard InChI is InChI=1S/C19H16ClN3O/c1-13-7-9-15(10-8-13)22-18-17(6-3-11-21-18)19(24)23-16-5-2-4-14(20)12-16/h2-12H,1H3,(H,21,22)(H,23,24). The van der Waals surface area contributed by atoms with E-state index in [4.69, 9.17) is 11.6 Å². The zero-order chi connectivity index (χ0) is 16.9. The number of anilines is 3. The number of rotatable bonds is 4. The second kappa shape index (κ2) is 7.15. The third-order valence-corrected chi connectivity index (χ3v) is 3.68. The highest BCUT2D eigenvalue weighted by molar-refractivity contribution is 6.31. The molecule has 0 aliphatic rings. The predicted molar refractivity (Wildman–Crippen MR) is 98.1 cm³/mol. The number of amides is 1. The van der Waals surface area contributed by atoms with E-state index in [1.165, 1.54) is 5.56 Å². The van der Waals surface area contributed by atoms with Gasteiger partial charge in [-0.15, -0.1) is 0 Å². The molecule has 2 N–H and O–H groups in total. The van der Waals surface area contributed by atoms with Gasteiger partial charge < -0.3 is 10.6 Å². The van der Waals surface area contributed by atoms with E-state index >= 15 is 0 Å². The number of aromatic nitrogens is 1. The zero-order valence-corrected chi connectivity index (χ0v) is 13.8. The molecule has 0 aliphatic heterocycles. The van der Waals surface area contributed by atoms with Gasteiger partial charge in [0.05, 0.1) is 5.56 Å². The molecule has 0 aliphatic carbocycles. The van der Waals surface area contributed by atoms with Crippen LogP contribution in [-0.4, -0.2) is 10.9 Å². The summed E-state index contributed by atoms with van der Waals surface area (Å²) in [5.41, 5.74) is 3.13. The summed E-state index contributed by atoms with van der Waals surface area (Å²) in [6.07, 6.45) is 1.65. The lowest BCUT2D eigenvalue weighted by atomic mass is 10.2. The molecule has 0 saturated heterocycles. The molecule has 0 radical (unpaired) electrons. The van der Waals surface area contributed by atoms with E-state index in [0.29, 0.717) is 22.1 Å². The van der Waals surface area contributed by atoms with E-state index in [1.807, 2.05) is 31.2 Å². The first-order valence-corrected chi connectivity index (χ1v) is 7.85. The van der Waals surface area contributed by atoms with Crippen molar-refractivity contribution < 1.29 is 4.79 Å². The second-order valence-corrected chi connectivity index (χ2v) is 5.79. The smallest absolute Gasteiger partial charge is 0.259 e. The van der Waals surface area contributed by atoms with Gasteiger partial charge in [0.15, 0.2) is 0 Å². The van der Waals surface area contributed by atoms with Gasteiger partial charge in [-0.25, -0.2) is 4.98 Å². The van der Waals surface area contributed by atoms with E-state index in [0.717, 1.165) is 5.69 Å². The van der Waals surface area contributed by atoms with Crippen LogP contribution in [0.15, 0.2) is 66.9 Å². The van der Waals surface area contributed by atoms with Crippen molar-refractivity contribution in [3.8, 4) is 0 Å². The highest BCUT2D eigenvalue weighted by atomic mass is 35.5. The first-order chi connectivity index (χ1) is 11.6. The van der Waals surface area contributed by atoms with E-state index in [1.54, 1.807) is 42.6 Å². The Morgan fingerprint density at radius 3 is 2.54 bits per heavy atom. The first-order valence-electron chi connectivity index (χ1n) is 7.47. The Labute approximate surface area is 145 Å². The Bertz CT molecular complexity index is 862. The maximum absolute atomic E-state index is 12.6. The summed E-state index contributed by atoms with van der Waals surface area (Å²) in [5.74, 6) is 0.251. The summed E-state index contributed by atoms with van der Waals surface area (Å²) >= 11 is 5.95. The summed E-state index contributed by atoms with van der Waals surface area (Å²) in [6, 6.07) is 18.4. The molecule has 1 amide bonds. The average molecular weight is 338 g/mol. The minimum Gasteiger partial charge on any atom is -0.340 e. The van der Waals surface area contributed by atoms with Crippen LogP contribution >= 0.6 is 11.6 Å². The van der Waals surface area contributed by atoms with Crippen molar-refractivity contribution in [2.45, 2.75) is 6.92 Å². The molecule has 120 valence electrons. The fraction of sp³-hybridized carbons (Fsp3) is 0.0526. The van der Waals surface area contributed by atoms with Crippen LogP contribution < -0.4 is 10.6 Å². The Kier molecular flexibility index (Phi) is 4.77. The molecule has 0 saturated carbocycles. The number of carbonyl (C=O) groups excluding carboxylic acids is 1. The maximum atomic E-state index is 12.6. The summed E-state index contributed by atoms with van der Waals surface area (Å²) in [4.78, 5) is 16.8. The number of halogens is 1. The summed E-state index contributed by atoms with van der Waals surface area (Å²) < 4.78 is 0. The molecule has 0 bridgehead atoms. The summed E-state index contributed by atoms with van der Waals surface area (Å²) in [7, 11) is 0. The van der Waals surface area contributed by atoms with E-state index in [9.17, 15) is 4.79 Å². The molecule has 3 rings (SSSR count). The van der Waals surface area contributed by atoms with E-state index < -0.39 is 0 Å². The minimum atomic E-state index is -0.250. The highest BCUT2D eigenvalue weighted by Crippen LogP contribution is 2.21. The number of hydrogen-bond acceptors (Lipinski definition) is 3. The minimum absolute atomic E-state index is 0.250. The lowest BCUT2D eigenvalue weighted by Crippen LogP contribution is -2.14. The van der Waals surface area contributed by atoms with Crippen molar-refractivity contribution in [3.63, 3.8) is 0 Å². The molecule has 0 atom stereocenters. The number of hydrogen-bond donors (Lipinski definition) is 2. The number of aryl methyl sites for hydroxylation is 1. The van der Waals surface area contributed by atoms with Gasteiger partial charge in [-0.2, -0.15) is 0 Å². The fourth-order valence-electron chi connectivity index (χ4n) is 2.23. The summed E-state index contributed by atoms with van der Waals surface area (Å²) in [5, 5.41) is 6.58. The van der Waals surface area contributed by atoms with Crippen LogP contribution in [0, 0.1) is 6.92 Å². The SMILES string of the molecule is Cc1ccc(Nc2ncccc2C(=O)Nc2cccc(Cl)c2)cc1. The molecule has 1 aromatic heterocycles. The van der Waals surface area contributed by atoms with Crippen molar-refractivity contribution in [2.75, 3.05) is 10.6 Å². The lowest BCUT2D eigenvalue weighted by molar-refractivity contribution is 0.102. The Hall–Kier alpha value is -2.85. The van der Waals surface area contributed by atoms with Crippen LogP contribution in [0.1, 0.15) is 15.9 Å². The molecule has 0 fully saturated rings. The van der Waals surface area contributed by atoms with Gasteiger partial charge in [-0.1, -0.05) is 35.4 Å². The molecule has 2 aromatic carbocycles. The van der Waals surface area contributed by atoms with Crippen LogP contribution in [0.3, 0.4) is 0 Å². The van der Waals surface area contributed by atoms with Crippen molar-refractivity contribution >= 4 is 34.7 Å². The molecule has 0 unspecified atom stereocenters. The van der Waals surface area contributed by atoms with Gasteiger partial charge in [0.1, 0.15) is 5.82 Å². The molecule has 4 nitrogen and oxygen atoms in total. The van der Waals surface area contributed by atoms with E-state index in [2.05, 4.69) is 15.6 Å². The van der Waals surface area contributed by atoms with E-state index in [-0.39, 0.29) is 5.91 Å². The normalized spacial score (nSPS) is 10.2. The quantitative estimate of drug-likeness (QED) is 0.701. The third kappa shape index (κ3) is 3.91. The number of carbonyl (C=O) groups is 1. The van der Waals surface area contributed by atoms with Gasteiger partial charge in [-0.05, 0) is 49.4 Å². The number of pyridine rings is 1. The van der Waals surface area contributed by atoms with Crippen LogP contribution in [0.4, 0.5) is 17.2 Å².